The fraction of sp³-hybridized carbons (Fsp3) is 0.467. The van der Waals surface area contributed by atoms with Crippen molar-refractivity contribution in [3.05, 3.63) is 41.5 Å². The quantitative estimate of drug-likeness (QED) is 0.817. The van der Waals surface area contributed by atoms with Crippen LogP contribution in [0.5, 0.6) is 0 Å². The molecule has 0 saturated heterocycles. The topological polar surface area (TPSA) is 37.3 Å². The van der Waals surface area contributed by atoms with Crippen molar-refractivity contribution in [3.8, 4) is 0 Å². The van der Waals surface area contributed by atoms with E-state index in [1.54, 1.807) is 30.3 Å². The van der Waals surface area contributed by atoms with Crippen molar-refractivity contribution < 1.29 is 18.1 Å². The van der Waals surface area contributed by atoms with E-state index in [0.717, 1.165) is 11.1 Å². The van der Waals surface area contributed by atoms with Crippen LogP contribution in [0.3, 0.4) is 0 Å². The third-order valence-corrected chi connectivity index (χ3v) is 4.68. The minimum absolute atomic E-state index is 0.161. The summed E-state index contributed by atoms with van der Waals surface area (Å²) in [7, 11) is -1.67. The van der Waals surface area contributed by atoms with Gasteiger partial charge in [0, 0.05) is 4.90 Å². The number of aryl methyl sites for hydroxylation is 1. The molecule has 0 radical (unpaired) electrons. The van der Waals surface area contributed by atoms with E-state index in [9.17, 15) is 18.1 Å². The normalized spacial score (nSPS) is 15.8. The molecule has 1 N–H and O–H groups in total. The lowest BCUT2D eigenvalue weighted by atomic mass is 10.1. The molecule has 0 aromatic heterocycles. The maximum atomic E-state index is 12.7. The highest BCUT2D eigenvalue weighted by Crippen LogP contribution is 2.22. The summed E-state index contributed by atoms with van der Waals surface area (Å²) in [6.07, 6.45) is -2.91. The lowest BCUT2D eigenvalue weighted by Crippen LogP contribution is -2.35. The predicted octanol–water partition coefficient (Wildman–Crippen LogP) is 3.45. The van der Waals surface area contributed by atoms with Crippen molar-refractivity contribution >= 4 is 10.8 Å². The first-order valence-corrected chi connectivity index (χ1v) is 7.61. The largest absolute Gasteiger partial charge is 0.386 e. The van der Waals surface area contributed by atoms with Crippen molar-refractivity contribution in [2.24, 2.45) is 0 Å². The Kier molecular flexibility index (Phi) is 6.49. The average molecular weight is 302 g/mol. The molecule has 1 aromatic carbocycles. The predicted molar refractivity (Wildman–Crippen MR) is 77.4 cm³/mol. The number of aliphatic hydroxyl groups excluding tert-OH is 1. The molecule has 0 aliphatic rings. The molecule has 2 nitrogen and oxygen atoms in total. The molecular weight excluding hydrogens is 282 g/mol. The Bertz CT molecular complexity index is 479. The van der Waals surface area contributed by atoms with Crippen LogP contribution in [0, 0.1) is 6.92 Å². The van der Waals surface area contributed by atoms with Crippen LogP contribution in [0.25, 0.3) is 0 Å². The second-order valence-corrected chi connectivity index (χ2v) is 6.66. The molecule has 1 aromatic rings. The second-order valence-electron chi connectivity index (χ2n) is 4.99. The number of hydrogen-bond donors (Lipinski definition) is 1. The van der Waals surface area contributed by atoms with Gasteiger partial charge >= 0.3 is 0 Å². The minimum Gasteiger partial charge on any atom is -0.386 e. The third kappa shape index (κ3) is 4.80. The van der Waals surface area contributed by atoms with E-state index in [1.165, 1.54) is 0 Å². The van der Waals surface area contributed by atoms with Crippen LogP contribution >= 0.6 is 0 Å². The van der Waals surface area contributed by atoms with Crippen molar-refractivity contribution in [3.63, 3.8) is 0 Å². The molecule has 20 heavy (non-hydrogen) atoms. The fourth-order valence-electron chi connectivity index (χ4n) is 1.71. The SMILES string of the molecule is CC(C)=CC[C@H]([C@@H](O)C(F)F)[S@@](=O)c1ccc(C)cc1. The van der Waals surface area contributed by atoms with E-state index in [-0.39, 0.29) is 6.42 Å². The Morgan fingerprint density at radius 2 is 1.85 bits per heavy atom. The second kappa shape index (κ2) is 7.64. The Morgan fingerprint density at radius 1 is 1.30 bits per heavy atom. The molecule has 0 fully saturated rings. The average Bonchev–Trinajstić information content (AvgIpc) is 2.38. The van der Waals surface area contributed by atoms with Crippen molar-refractivity contribution in [2.75, 3.05) is 0 Å². The van der Waals surface area contributed by atoms with E-state index >= 15 is 0 Å². The molecule has 0 aliphatic heterocycles. The zero-order valence-electron chi connectivity index (χ0n) is 11.8. The van der Waals surface area contributed by atoms with Gasteiger partial charge in [0.15, 0.2) is 0 Å². The molecule has 0 bridgehead atoms. The van der Waals surface area contributed by atoms with Gasteiger partial charge in [-0.15, -0.1) is 0 Å². The number of hydrogen-bond acceptors (Lipinski definition) is 2. The van der Waals surface area contributed by atoms with Gasteiger partial charge in [0.25, 0.3) is 6.43 Å². The molecule has 1 rings (SSSR count). The van der Waals surface area contributed by atoms with Gasteiger partial charge in [0.1, 0.15) is 6.10 Å². The molecule has 0 spiro atoms. The Balaban J connectivity index is 3.00. The zero-order valence-corrected chi connectivity index (χ0v) is 12.7. The Hall–Kier alpha value is -1.07. The number of alkyl halides is 2. The number of benzene rings is 1. The highest BCUT2D eigenvalue weighted by Gasteiger charge is 2.32. The molecule has 0 unspecified atom stereocenters. The van der Waals surface area contributed by atoms with E-state index < -0.39 is 28.6 Å². The smallest absolute Gasteiger partial charge is 0.265 e. The van der Waals surface area contributed by atoms with Gasteiger partial charge < -0.3 is 5.11 Å². The standard InChI is InChI=1S/C15H20F2O2S/c1-10(2)4-9-13(14(18)15(16)17)20(19)12-7-5-11(3)6-8-12/h4-8,13-15,18H,9H2,1-3H3/t13-,14-,20+/m1/s1. The Labute approximate surface area is 121 Å². The van der Waals surface area contributed by atoms with Gasteiger partial charge in [-0.1, -0.05) is 29.3 Å². The maximum Gasteiger partial charge on any atom is 0.265 e. The lowest BCUT2D eigenvalue weighted by Gasteiger charge is -2.21. The summed E-state index contributed by atoms with van der Waals surface area (Å²) in [5.74, 6) is 0. The van der Waals surface area contributed by atoms with Gasteiger partial charge in [0.05, 0.1) is 16.0 Å². The van der Waals surface area contributed by atoms with Gasteiger partial charge in [-0.25, -0.2) is 8.78 Å². The summed E-state index contributed by atoms with van der Waals surface area (Å²) in [6, 6.07) is 6.86. The van der Waals surface area contributed by atoms with E-state index in [4.69, 9.17) is 0 Å². The summed E-state index contributed by atoms with van der Waals surface area (Å²) in [6.45, 7) is 5.56. The number of halogens is 2. The molecular formula is C15H20F2O2S. The molecule has 112 valence electrons. The van der Waals surface area contributed by atoms with Crippen LogP contribution in [0.1, 0.15) is 25.8 Å². The lowest BCUT2D eigenvalue weighted by molar-refractivity contribution is -0.00535. The number of rotatable bonds is 6. The fourth-order valence-corrected chi connectivity index (χ4v) is 3.11. The van der Waals surface area contributed by atoms with Gasteiger partial charge in [-0.05, 0) is 39.3 Å². The minimum atomic E-state index is -2.90. The van der Waals surface area contributed by atoms with Crippen LogP contribution in [-0.4, -0.2) is 27.1 Å². The van der Waals surface area contributed by atoms with Gasteiger partial charge in [0.2, 0.25) is 0 Å². The molecule has 3 atom stereocenters. The van der Waals surface area contributed by atoms with Crippen LogP contribution < -0.4 is 0 Å². The van der Waals surface area contributed by atoms with Crippen molar-refractivity contribution in [1.82, 2.24) is 0 Å². The molecule has 0 heterocycles. The van der Waals surface area contributed by atoms with Gasteiger partial charge in [-0.3, -0.25) is 4.21 Å². The van der Waals surface area contributed by atoms with E-state index in [2.05, 4.69) is 0 Å². The van der Waals surface area contributed by atoms with Crippen molar-refractivity contribution in [2.45, 2.75) is 49.9 Å². The summed E-state index contributed by atoms with van der Waals surface area (Å²) < 4.78 is 37.9. The highest BCUT2D eigenvalue weighted by molar-refractivity contribution is 7.85. The summed E-state index contributed by atoms with van der Waals surface area (Å²) in [5.41, 5.74) is 1.94. The highest BCUT2D eigenvalue weighted by atomic mass is 32.2. The van der Waals surface area contributed by atoms with E-state index in [0.29, 0.717) is 4.90 Å². The summed E-state index contributed by atoms with van der Waals surface area (Å²) in [4.78, 5) is 0.461. The third-order valence-electron chi connectivity index (χ3n) is 2.93. The number of allylic oxidation sites excluding steroid dienone is 2. The first-order valence-electron chi connectivity index (χ1n) is 6.39. The monoisotopic (exact) mass is 302 g/mol. The Morgan fingerprint density at radius 3 is 2.30 bits per heavy atom. The number of aliphatic hydroxyl groups is 1. The molecule has 0 aliphatic carbocycles. The molecule has 5 heteroatoms. The van der Waals surface area contributed by atoms with Gasteiger partial charge in [-0.2, -0.15) is 0 Å². The first-order chi connectivity index (χ1) is 9.32. The maximum absolute atomic E-state index is 12.7. The summed E-state index contributed by atoms with van der Waals surface area (Å²) >= 11 is 0. The first kappa shape index (κ1) is 17.0. The van der Waals surface area contributed by atoms with Crippen molar-refractivity contribution in [1.29, 1.82) is 0 Å². The van der Waals surface area contributed by atoms with E-state index in [1.807, 2.05) is 20.8 Å². The molecule has 0 amide bonds. The molecule has 0 saturated carbocycles. The van der Waals surface area contributed by atoms with Crippen LogP contribution in [0.4, 0.5) is 8.78 Å². The zero-order chi connectivity index (χ0) is 15.3. The van der Waals surface area contributed by atoms with Crippen LogP contribution in [-0.2, 0) is 10.8 Å². The van der Waals surface area contributed by atoms with Crippen LogP contribution in [0.15, 0.2) is 40.8 Å². The van der Waals surface area contributed by atoms with Crippen LogP contribution in [0.2, 0.25) is 0 Å². The summed E-state index contributed by atoms with van der Waals surface area (Å²) in [5, 5.41) is 8.61.